The average molecular weight is 292 g/mol. The molecular weight excluding hydrogens is 279 g/mol. The fraction of sp³-hybridized carbons (Fsp3) is 0.267. The maximum absolute atomic E-state index is 13.3. The standard InChI is InChI=1S/C15H13FOS2/c1-9-2-3-11(16)7-12(9)15(17)14-6-10-8-18-5-4-13(10)19-14/h2-3,6-7H,4-5,8H2,1H3. The second-order valence-corrected chi connectivity index (χ2v) is 6.89. The number of carbonyl (C=O) groups is 1. The Balaban J connectivity index is 1.99. The number of fused-ring (bicyclic) bond motifs is 1. The van der Waals surface area contributed by atoms with Crippen molar-refractivity contribution in [1.29, 1.82) is 0 Å². The third-order valence-corrected chi connectivity index (χ3v) is 5.54. The van der Waals surface area contributed by atoms with Gasteiger partial charge < -0.3 is 0 Å². The van der Waals surface area contributed by atoms with Crippen molar-refractivity contribution in [3.8, 4) is 0 Å². The average Bonchev–Trinajstić information content (AvgIpc) is 2.84. The summed E-state index contributed by atoms with van der Waals surface area (Å²) in [6.45, 7) is 1.84. The van der Waals surface area contributed by atoms with Crippen LogP contribution in [0.5, 0.6) is 0 Å². The number of hydrogen-bond donors (Lipinski definition) is 0. The van der Waals surface area contributed by atoms with Gasteiger partial charge in [-0.3, -0.25) is 4.79 Å². The number of thioether (sulfide) groups is 1. The van der Waals surface area contributed by atoms with E-state index in [4.69, 9.17) is 0 Å². The second kappa shape index (κ2) is 5.10. The lowest BCUT2D eigenvalue weighted by Gasteiger charge is -2.08. The zero-order chi connectivity index (χ0) is 13.4. The van der Waals surface area contributed by atoms with E-state index in [9.17, 15) is 9.18 Å². The van der Waals surface area contributed by atoms with Crippen LogP contribution in [0.15, 0.2) is 24.3 Å². The van der Waals surface area contributed by atoms with Gasteiger partial charge in [0, 0.05) is 16.2 Å². The molecule has 0 bridgehead atoms. The summed E-state index contributed by atoms with van der Waals surface area (Å²) < 4.78 is 13.3. The van der Waals surface area contributed by atoms with Crippen LogP contribution < -0.4 is 0 Å². The Morgan fingerprint density at radius 2 is 2.16 bits per heavy atom. The first kappa shape index (κ1) is 12.9. The summed E-state index contributed by atoms with van der Waals surface area (Å²) in [4.78, 5) is 14.5. The van der Waals surface area contributed by atoms with E-state index in [0.717, 1.165) is 28.4 Å². The molecule has 2 heterocycles. The number of thiophene rings is 1. The van der Waals surface area contributed by atoms with Gasteiger partial charge in [0.25, 0.3) is 0 Å². The first-order valence-corrected chi connectivity index (χ1v) is 8.12. The van der Waals surface area contributed by atoms with Crippen LogP contribution in [0, 0.1) is 12.7 Å². The zero-order valence-corrected chi connectivity index (χ0v) is 12.2. The predicted octanol–water partition coefficient (Wildman–Crippen LogP) is 4.22. The molecule has 2 aromatic rings. The van der Waals surface area contributed by atoms with Gasteiger partial charge in [-0.15, -0.1) is 11.3 Å². The highest BCUT2D eigenvalue weighted by Gasteiger charge is 2.19. The monoisotopic (exact) mass is 292 g/mol. The lowest BCUT2D eigenvalue weighted by Crippen LogP contribution is -2.02. The molecule has 3 rings (SSSR count). The molecule has 0 fully saturated rings. The molecular formula is C15H13FOS2. The Hall–Kier alpha value is -1.13. The highest BCUT2D eigenvalue weighted by Crippen LogP contribution is 2.33. The van der Waals surface area contributed by atoms with Crippen LogP contribution in [0.1, 0.15) is 31.2 Å². The van der Waals surface area contributed by atoms with Crippen molar-refractivity contribution < 1.29 is 9.18 Å². The number of halogens is 1. The topological polar surface area (TPSA) is 17.1 Å². The first-order chi connectivity index (χ1) is 9.15. The van der Waals surface area contributed by atoms with Crippen LogP contribution >= 0.6 is 23.1 Å². The zero-order valence-electron chi connectivity index (χ0n) is 10.5. The molecule has 0 atom stereocenters. The van der Waals surface area contributed by atoms with Crippen molar-refractivity contribution >= 4 is 28.9 Å². The first-order valence-electron chi connectivity index (χ1n) is 6.15. The fourth-order valence-electron chi connectivity index (χ4n) is 2.23. The molecule has 0 saturated heterocycles. The van der Waals surface area contributed by atoms with Gasteiger partial charge in [0.05, 0.1) is 4.88 Å². The van der Waals surface area contributed by atoms with E-state index in [-0.39, 0.29) is 11.6 Å². The van der Waals surface area contributed by atoms with Crippen LogP contribution in [-0.4, -0.2) is 11.5 Å². The fourth-order valence-corrected chi connectivity index (χ4v) is 4.56. The van der Waals surface area contributed by atoms with Gasteiger partial charge in [0.15, 0.2) is 0 Å². The van der Waals surface area contributed by atoms with E-state index in [1.165, 1.54) is 22.6 Å². The number of carbonyl (C=O) groups excluding carboxylic acids is 1. The molecule has 0 saturated carbocycles. The lowest BCUT2D eigenvalue weighted by molar-refractivity contribution is 0.104. The van der Waals surface area contributed by atoms with Gasteiger partial charge in [0.1, 0.15) is 5.82 Å². The van der Waals surface area contributed by atoms with Crippen molar-refractivity contribution in [2.24, 2.45) is 0 Å². The van der Waals surface area contributed by atoms with Gasteiger partial charge in [-0.25, -0.2) is 4.39 Å². The number of aryl methyl sites for hydroxylation is 2. The van der Waals surface area contributed by atoms with Gasteiger partial charge in [-0.05, 0) is 48.4 Å². The molecule has 1 aromatic heterocycles. The lowest BCUT2D eigenvalue weighted by atomic mass is 10.0. The van der Waals surface area contributed by atoms with Crippen molar-refractivity contribution in [2.75, 3.05) is 5.75 Å². The van der Waals surface area contributed by atoms with Crippen LogP contribution in [0.3, 0.4) is 0 Å². The molecule has 1 aliphatic rings. The Bertz CT molecular complexity index is 622. The largest absolute Gasteiger partial charge is 0.288 e. The smallest absolute Gasteiger partial charge is 0.203 e. The van der Waals surface area contributed by atoms with Gasteiger partial charge >= 0.3 is 0 Å². The second-order valence-electron chi connectivity index (χ2n) is 4.65. The molecule has 0 amide bonds. The minimum absolute atomic E-state index is 0.0543. The van der Waals surface area contributed by atoms with Crippen molar-refractivity contribution in [3.63, 3.8) is 0 Å². The van der Waals surface area contributed by atoms with Crippen LogP contribution in [0.2, 0.25) is 0 Å². The summed E-state index contributed by atoms with van der Waals surface area (Å²) in [5.74, 6) is 1.70. The summed E-state index contributed by atoms with van der Waals surface area (Å²) in [7, 11) is 0. The van der Waals surface area contributed by atoms with E-state index in [1.807, 2.05) is 24.8 Å². The molecule has 0 spiro atoms. The van der Waals surface area contributed by atoms with Crippen molar-refractivity contribution in [3.05, 3.63) is 56.5 Å². The third-order valence-electron chi connectivity index (χ3n) is 3.30. The minimum atomic E-state index is -0.356. The van der Waals surface area contributed by atoms with Crippen molar-refractivity contribution in [1.82, 2.24) is 0 Å². The summed E-state index contributed by atoms with van der Waals surface area (Å²) >= 11 is 3.47. The van der Waals surface area contributed by atoms with Gasteiger partial charge in [-0.2, -0.15) is 11.8 Å². The predicted molar refractivity (Wildman–Crippen MR) is 78.8 cm³/mol. The Labute approximate surface area is 119 Å². The van der Waals surface area contributed by atoms with Crippen LogP contribution in [0.25, 0.3) is 0 Å². The molecule has 1 aromatic carbocycles. The minimum Gasteiger partial charge on any atom is -0.288 e. The third kappa shape index (κ3) is 2.47. The Morgan fingerprint density at radius 1 is 1.32 bits per heavy atom. The number of ketones is 1. The Kier molecular flexibility index (Phi) is 3.46. The van der Waals surface area contributed by atoms with Crippen LogP contribution in [0.4, 0.5) is 4.39 Å². The van der Waals surface area contributed by atoms with E-state index in [2.05, 4.69) is 0 Å². The van der Waals surface area contributed by atoms with Crippen LogP contribution in [-0.2, 0) is 12.2 Å². The summed E-state index contributed by atoms with van der Waals surface area (Å²) in [5.41, 5.74) is 2.58. The molecule has 4 heteroatoms. The quantitative estimate of drug-likeness (QED) is 0.771. The molecule has 0 radical (unpaired) electrons. The molecule has 19 heavy (non-hydrogen) atoms. The summed E-state index contributed by atoms with van der Waals surface area (Å²) in [5, 5.41) is 0. The van der Waals surface area contributed by atoms with E-state index < -0.39 is 0 Å². The summed E-state index contributed by atoms with van der Waals surface area (Å²) in [6.07, 6.45) is 1.04. The maximum atomic E-state index is 13.3. The normalized spacial score (nSPS) is 14.2. The maximum Gasteiger partial charge on any atom is 0.203 e. The Morgan fingerprint density at radius 3 is 2.95 bits per heavy atom. The summed E-state index contributed by atoms with van der Waals surface area (Å²) in [6, 6.07) is 6.37. The molecule has 0 unspecified atom stereocenters. The molecule has 0 aliphatic carbocycles. The van der Waals surface area contributed by atoms with Gasteiger partial charge in [-0.1, -0.05) is 6.07 Å². The molecule has 0 N–H and O–H groups in total. The van der Waals surface area contributed by atoms with Gasteiger partial charge in [0.2, 0.25) is 5.78 Å². The number of rotatable bonds is 2. The molecule has 1 aliphatic heterocycles. The molecule has 98 valence electrons. The van der Waals surface area contributed by atoms with E-state index in [0.29, 0.717) is 5.56 Å². The highest BCUT2D eigenvalue weighted by molar-refractivity contribution is 7.98. The number of benzene rings is 1. The van der Waals surface area contributed by atoms with E-state index in [1.54, 1.807) is 17.4 Å². The highest BCUT2D eigenvalue weighted by atomic mass is 32.2. The van der Waals surface area contributed by atoms with E-state index >= 15 is 0 Å². The molecule has 1 nitrogen and oxygen atoms in total. The van der Waals surface area contributed by atoms with Crippen molar-refractivity contribution in [2.45, 2.75) is 19.1 Å². The SMILES string of the molecule is Cc1ccc(F)cc1C(=O)c1cc2c(s1)CCSC2. The number of hydrogen-bond acceptors (Lipinski definition) is 3.